The molecule has 1 aromatic rings. The van der Waals surface area contributed by atoms with Gasteiger partial charge in [0.15, 0.2) is 0 Å². The molecule has 0 bridgehead atoms. The molecule has 92 valence electrons. The van der Waals surface area contributed by atoms with Gasteiger partial charge >= 0.3 is 0 Å². The van der Waals surface area contributed by atoms with E-state index >= 15 is 0 Å². The second-order valence-corrected chi connectivity index (χ2v) is 4.13. The molecule has 0 atom stereocenters. The maximum absolute atomic E-state index is 5.53. The fourth-order valence-corrected chi connectivity index (χ4v) is 1.47. The summed E-state index contributed by atoms with van der Waals surface area (Å²) in [5.74, 6) is 1.08. The Morgan fingerprint density at radius 2 is 2.31 bits per heavy atom. The fourth-order valence-electron chi connectivity index (χ4n) is 1.47. The molecular weight excluding hydrogens is 202 g/mol. The molecule has 0 aliphatic rings. The van der Waals surface area contributed by atoms with Crippen molar-refractivity contribution >= 4 is 0 Å². The SMILES string of the molecule is CCCNCc1nccn1CCOC(C)C. The van der Waals surface area contributed by atoms with E-state index in [2.05, 4.69) is 35.6 Å². The summed E-state index contributed by atoms with van der Waals surface area (Å²) >= 11 is 0. The van der Waals surface area contributed by atoms with Crippen molar-refractivity contribution in [2.24, 2.45) is 0 Å². The van der Waals surface area contributed by atoms with Crippen molar-refractivity contribution in [1.29, 1.82) is 0 Å². The minimum Gasteiger partial charge on any atom is -0.377 e. The molecule has 1 heterocycles. The topological polar surface area (TPSA) is 39.1 Å². The minimum atomic E-state index is 0.296. The van der Waals surface area contributed by atoms with Crippen molar-refractivity contribution < 1.29 is 4.74 Å². The average Bonchev–Trinajstić information content (AvgIpc) is 2.66. The standard InChI is InChI=1S/C12H23N3O/c1-4-5-13-10-12-14-6-7-15(12)8-9-16-11(2)3/h6-7,11,13H,4-5,8-10H2,1-3H3. The van der Waals surface area contributed by atoms with Crippen LogP contribution in [0.15, 0.2) is 12.4 Å². The van der Waals surface area contributed by atoms with Gasteiger partial charge in [0.05, 0.1) is 19.3 Å². The van der Waals surface area contributed by atoms with Crippen molar-refractivity contribution in [3.63, 3.8) is 0 Å². The Morgan fingerprint density at radius 1 is 1.50 bits per heavy atom. The summed E-state index contributed by atoms with van der Waals surface area (Å²) in [5, 5.41) is 3.35. The van der Waals surface area contributed by atoms with Crippen LogP contribution >= 0.6 is 0 Å². The van der Waals surface area contributed by atoms with Crippen LogP contribution in [0, 0.1) is 0 Å². The lowest BCUT2D eigenvalue weighted by atomic mass is 10.4. The van der Waals surface area contributed by atoms with Crippen LogP contribution in [-0.4, -0.2) is 28.8 Å². The number of aromatic nitrogens is 2. The third-order valence-electron chi connectivity index (χ3n) is 2.29. The Labute approximate surface area is 98.0 Å². The molecular formula is C12H23N3O. The highest BCUT2D eigenvalue weighted by atomic mass is 16.5. The van der Waals surface area contributed by atoms with E-state index in [9.17, 15) is 0 Å². The van der Waals surface area contributed by atoms with Gasteiger partial charge in [-0.05, 0) is 26.8 Å². The smallest absolute Gasteiger partial charge is 0.122 e. The number of ether oxygens (including phenoxy) is 1. The zero-order chi connectivity index (χ0) is 11.8. The maximum atomic E-state index is 5.53. The summed E-state index contributed by atoms with van der Waals surface area (Å²) in [6.45, 7) is 9.76. The number of hydrogen-bond acceptors (Lipinski definition) is 3. The van der Waals surface area contributed by atoms with Crippen molar-refractivity contribution in [3.8, 4) is 0 Å². The third kappa shape index (κ3) is 4.77. The highest BCUT2D eigenvalue weighted by Crippen LogP contribution is 1.98. The molecule has 0 unspecified atom stereocenters. The van der Waals surface area contributed by atoms with Gasteiger partial charge in [0.2, 0.25) is 0 Å². The Morgan fingerprint density at radius 3 is 3.00 bits per heavy atom. The predicted molar refractivity (Wildman–Crippen MR) is 65.3 cm³/mol. The second kappa shape index (κ2) is 7.41. The van der Waals surface area contributed by atoms with Crippen LogP contribution in [0.1, 0.15) is 33.0 Å². The lowest BCUT2D eigenvalue weighted by molar-refractivity contribution is 0.0723. The van der Waals surface area contributed by atoms with Crippen molar-refractivity contribution in [2.45, 2.75) is 46.4 Å². The van der Waals surface area contributed by atoms with Crippen LogP contribution in [0.4, 0.5) is 0 Å². The summed E-state index contributed by atoms with van der Waals surface area (Å²) in [6.07, 6.45) is 5.30. The molecule has 1 rings (SSSR count). The van der Waals surface area contributed by atoms with Gasteiger partial charge < -0.3 is 14.6 Å². The van der Waals surface area contributed by atoms with Crippen LogP contribution in [0.3, 0.4) is 0 Å². The number of rotatable bonds is 8. The molecule has 1 N–H and O–H groups in total. The summed E-state index contributed by atoms with van der Waals surface area (Å²) in [4.78, 5) is 4.33. The number of imidazole rings is 1. The lowest BCUT2D eigenvalue weighted by Gasteiger charge is -2.10. The second-order valence-electron chi connectivity index (χ2n) is 4.13. The zero-order valence-electron chi connectivity index (χ0n) is 10.6. The maximum Gasteiger partial charge on any atom is 0.122 e. The lowest BCUT2D eigenvalue weighted by Crippen LogP contribution is -2.19. The van der Waals surface area contributed by atoms with Crippen molar-refractivity contribution in [2.75, 3.05) is 13.2 Å². The first-order valence-corrected chi connectivity index (χ1v) is 6.06. The first-order chi connectivity index (χ1) is 7.74. The first kappa shape index (κ1) is 13.2. The molecule has 4 heteroatoms. The monoisotopic (exact) mass is 225 g/mol. The van der Waals surface area contributed by atoms with Crippen LogP contribution < -0.4 is 5.32 Å². The number of nitrogens with one attached hydrogen (secondary N) is 1. The van der Waals surface area contributed by atoms with Crippen LogP contribution in [-0.2, 0) is 17.8 Å². The summed E-state index contributed by atoms with van der Waals surface area (Å²) in [6, 6.07) is 0. The molecule has 0 aliphatic carbocycles. The highest BCUT2D eigenvalue weighted by Gasteiger charge is 2.02. The Balaban J connectivity index is 2.32. The van der Waals surface area contributed by atoms with E-state index in [1.807, 2.05) is 12.4 Å². The van der Waals surface area contributed by atoms with Gasteiger partial charge in [-0.15, -0.1) is 0 Å². The summed E-state index contributed by atoms with van der Waals surface area (Å²) < 4.78 is 7.67. The summed E-state index contributed by atoms with van der Waals surface area (Å²) in [7, 11) is 0. The Hall–Kier alpha value is -0.870. The molecule has 0 saturated carbocycles. The van der Waals surface area contributed by atoms with E-state index in [4.69, 9.17) is 4.74 Å². The van der Waals surface area contributed by atoms with Gasteiger partial charge in [-0.1, -0.05) is 6.92 Å². The molecule has 0 aliphatic heterocycles. The third-order valence-corrected chi connectivity index (χ3v) is 2.29. The minimum absolute atomic E-state index is 0.296. The number of hydrogen-bond donors (Lipinski definition) is 1. The van der Waals surface area contributed by atoms with Crippen LogP contribution in [0.2, 0.25) is 0 Å². The average molecular weight is 225 g/mol. The van der Waals surface area contributed by atoms with Gasteiger partial charge in [0, 0.05) is 18.9 Å². The largest absolute Gasteiger partial charge is 0.377 e. The molecule has 16 heavy (non-hydrogen) atoms. The number of nitrogens with zero attached hydrogens (tertiary/aromatic N) is 2. The molecule has 0 spiro atoms. The van der Waals surface area contributed by atoms with Crippen molar-refractivity contribution in [3.05, 3.63) is 18.2 Å². The predicted octanol–water partition coefficient (Wildman–Crippen LogP) is 1.81. The van der Waals surface area contributed by atoms with E-state index in [0.29, 0.717) is 6.10 Å². The Bertz CT molecular complexity index is 284. The fraction of sp³-hybridized carbons (Fsp3) is 0.750. The molecule has 0 saturated heterocycles. The van der Waals surface area contributed by atoms with Crippen molar-refractivity contribution in [1.82, 2.24) is 14.9 Å². The van der Waals surface area contributed by atoms with E-state index in [1.54, 1.807) is 0 Å². The highest BCUT2D eigenvalue weighted by molar-refractivity contribution is 4.91. The van der Waals surface area contributed by atoms with Gasteiger partial charge in [-0.2, -0.15) is 0 Å². The molecule has 0 radical (unpaired) electrons. The normalized spacial score (nSPS) is 11.2. The molecule has 4 nitrogen and oxygen atoms in total. The molecule has 0 amide bonds. The van der Waals surface area contributed by atoms with Gasteiger partial charge in [0.1, 0.15) is 5.82 Å². The van der Waals surface area contributed by atoms with Gasteiger partial charge in [-0.3, -0.25) is 0 Å². The molecule has 1 aromatic heterocycles. The Kier molecular flexibility index (Phi) is 6.11. The van der Waals surface area contributed by atoms with E-state index in [-0.39, 0.29) is 0 Å². The summed E-state index contributed by atoms with van der Waals surface area (Å²) in [5.41, 5.74) is 0. The zero-order valence-corrected chi connectivity index (χ0v) is 10.6. The van der Waals surface area contributed by atoms with Gasteiger partial charge in [-0.25, -0.2) is 4.98 Å². The first-order valence-electron chi connectivity index (χ1n) is 6.06. The van der Waals surface area contributed by atoms with E-state index < -0.39 is 0 Å². The van der Waals surface area contributed by atoms with E-state index in [1.165, 1.54) is 0 Å². The van der Waals surface area contributed by atoms with Crippen LogP contribution in [0.5, 0.6) is 0 Å². The quantitative estimate of drug-likeness (QED) is 0.686. The van der Waals surface area contributed by atoms with Crippen LogP contribution in [0.25, 0.3) is 0 Å². The van der Waals surface area contributed by atoms with E-state index in [0.717, 1.165) is 38.5 Å². The molecule has 0 aromatic carbocycles. The van der Waals surface area contributed by atoms with Gasteiger partial charge in [0.25, 0.3) is 0 Å². The molecule has 0 fully saturated rings.